The Bertz CT molecular complexity index is 515. The highest BCUT2D eigenvalue weighted by molar-refractivity contribution is 7.93. The number of aliphatic carboxylic acids is 1. The third-order valence-electron chi connectivity index (χ3n) is 1.51. The lowest BCUT2D eigenvalue weighted by Gasteiger charge is -2.06. The largest absolute Gasteiger partial charge is 0.480 e. The van der Waals surface area contributed by atoms with E-state index < -0.39 is 21.7 Å². The number of nitrogens with one attached hydrogen (secondary N) is 1. The van der Waals surface area contributed by atoms with Gasteiger partial charge in [0.25, 0.3) is 0 Å². The highest BCUT2D eigenvalue weighted by atomic mass is 35.5. The van der Waals surface area contributed by atoms with Crippen molar-refractivity contribution in [2.45, 2.75) is 0 Å². The van der Waals surface area contributed by atoms with E-state index in [1.54, 1.807) is 0 Å². The summed E-state index contributed by atoms with van der Waals surface area (Å²) in [5, 5.41) is 8.82. The van der Waals surface area contributed by atoms with Crippen LogP contribution in [0.4, 0.5) is 5.69 Å². The molecule has 0 bridgehead atoms. The van der Waals surface area contributed by atoms with Crippen LogP contribution >= 0.6 is 23.2 Å². The number of carboxylic acid groups (broad SMARTS) is 1. The minimum Gasteiger partial charge on any atom is -0.480 e. The van der Waals surface area contributed by atoms with Crippen molar-refractivity contribution in [3.8, 4) is 0 Å². The maximum absolute atomic E-state index is 11.2. The Morgan fingerprint density at radius 1 is 1.31 bits per heavy atom. The van der Waals surface area contributed by atoms with E-state index in [0.717, 1.165) is 0 Å². The van der Waals surface area contributed by atoms with Crippen LogP contribution in [0.1, 0.15) is 0 Å². The lowest BCUT2D eigenvalue weighted by molar-refractivity contribution is -0.134. The molecule has 5 nitrogen and oxygen atoms in total. The molecule has 0 aliphatic carbocycles. The van der Waals surface area contributed by atoms with Crippen LogP contribution < -0.4 is 4.72 Å². The number of anilines is 1. The third kappa shape index (κ3) is 3.88. The molecule has 0 aliphatic heterocycles. The van der Waals surface area contributed by atoms with Gasteiger partial charge in [-0.3, -0.25) is 9.52 Å². The van der Waals surface area contributed by atoms with Crippen LogP contribution in [0.25, 0.3) is 0 Å². The molecule has 0 radical (unpaired) electrons. The summed E-state index contributed by atoms with van der Waals surface area (Å²) in [7, 11) is -3.91. The Labute approximate surface area is 102 Å². The number of hydrogen-bond acceptors (Lipinski definition) is 3. The number of halogens is 2. The summed E-state index contributed by atoms with van der Waals surface area (Å²) in [6, 6.07) is 4.08. The smallest absolute Gasteiger partial charge is 0.320 e. The van der Waals surface area contributed by atoms with Gasteiger partial charge in [-0.05, 0) is 18.2 Å². The summed E-state index contributed by atoms with van der Waals surface area (Å²) in [5.74, 6) is -2.44. The maximum Gasteiger partial charge on any atom is 0.320 e. The number of rotatable bonds is 4. The molecule has 0 atom stereocenters. The van der Waals surface area contributed by atoms with Crippen molar-refractivity contribution >= 4 is 44.9 Å². The topological polar surface area (TPSA) is 83.5 Å². The second-order valence-corrected chi connectivity index (χ2v) is 5.42. The summed E-state index contributed by atoms with van der Waals surface area (Å²) < 4.78 is 24.5. The van der Waals surface area contributed by atoms with Crippen molar-refractivity contribution in [3.05, 3.63) is 28.2 Å². The molecule has 8 heteroatoms. The monoisotopic (exact) mass is 283 g/mol. The third-order valence-corrected chi connectivity index (χ3v) is 3.42. The molecule has 0 unspecified atom stereocenters. The Morgan fingerprint density at radius 3 is 2.44 bits per heavy atom. The zero-order valence-electron chi connectivity index (χ0n) is 7.78. The normalized spacial score (nSPS) is 11.1. The number of benzene rings is 1. The number of hydrogen-bond donors (Lipinski definition) is 2. The Balaban J connectivity index is 2.88. The molecule has 0 amide bonds. The lowest BCUT2D eigenvalue weighted by atomic mass is 10.3. The molecule has 0 heterocycles. The lowest BCUT2D eigenvalue weighted by Crippen LogP contribution is -2.22. The van der Waals surface area contributed by atoms with Gasteiger partial charge in [0.2, 0.25) is 10.0 Å². The first kappa shape index (κ1) is 13.1. The van der Waals surface area contributed by atoms with Crippen molar-refractivity contribution in [2.24, 2.45) is 0 Å². The van der Waals surface area contributed by atoms with Crippen LogP contribution in [0.5, 0.6) is 0 Å². The highest BCUT2D eigenvalue weighted by Gasteiger charge is 2.15. The number of carboxylic acids is 1. The van der Waals surface area contributed by atoms with Crippen molar-refractivity contribution in [1.29, 1.82) is 0 Å². The van der Waals surface area contributed by atoms with E-state index in [4.69, 9.17) is 28.3 Å². The Morgan fingerprint density at radius 2 is 1.94 bits per heavy atom. The zero-order chi connectivity index (χ0) is 12.3. The fourth-order valence-electron chi connectivity index (χ4n) is 0.938. The molecule has 88 valence electrons. The minimum atomic E-state index is -3.91. The van der Waals surface area contributed by atoms with Crippen LogP contribution in [0.2, 0.25) is 10.0 Å². The molecular weight excluding hydrogens is 277 g/mol. The summed E-state index contributed by atoms with van der Waals surface area (Å²) >= 11 is 11.3. The van der Waals surface area contributed by atoms with E-state index in [-0.39, 0.29) is 15.7 Å². The summed E-state index contributed by atoms with van der Waals surface area (Å²) in [6.07, 6.45) is 0. The van der Waals surface area contributed by atoms with E-state index in [2.05, 4.69) is 4.72 Å². The van der Waals surface area contributed by atoms with Gasteiger partial charge in [-0.2, -0.15) is 0 Å². The Hall–Kier alpha value is -0.980. The number of sulfonamides is 1. The summed E-state index contributed by atoms with van der Waals surface area (Å²) in [4.78, 5) is 10.3. The van der Waals surface area contributed by atoms with Gasteiger partial charge in [-0.25, -0.2) is 8.42 Å². The molecule has 1 aromatic rings. The zero-order valence-corrected chi connectivity index (χ0v) is 10.1. The van der Waals surface area contributed by atoms with Gasteiger partial charge in [0, 0.05) is 0 Å². The first-order valence-corrected chi connectivity index (χ1v) is 6.38. The fourth-order valence-corrected chi connectivity index (χ4v) is 2.12. The maximum atomic E-state index is 11.2. The van der Waals surface area contributed by atoms with Crippen LogP contribution in [-0.2, 0) is 14.8 Å². The van der Waals surface area contributed by atoms with E-state index in [9.17, 15) is 13.2 Å². The van der Waals surface area contributed by atoms with Crippen LogP contribution in [0, 0.1) is 0 Å². The van der Waals surface area contributed by atoms with Gasteiger partial charge >= 0.3 is 5.97 Å². The highest BCUT2D eigenvalue weighted by Crippen LogP contribution is 2.25. The van der Waals surface area contributed by atoms with Crippen LogP contribution in [-0.4, -0.2) is 25.2 Å². The second kappa shape index (κ2) is 4.90. The molecule has 0 fully saturated rings. The molecule has 0 saturated heterocycles. The van der Waals surface area contributed by atoms with E-state index >= 15 is 0 Å². The Kier molecular flexibility index (Phi) is 4.01. The van der Waals surface area contributed by atoms with Gasteiger partial charge in [-0.1, -0.05) is 23.2 Å². The number of carbonyl (C=O) groups is 1. The molecule has 0 aromatic heterocycles. The SMILES string of the molecule is O=C(O)CS(=O)(=O)Nc1ccc(Cl)c(Cl)c1. The average molecular weight is 284 g/mol. The molecule has 16 heavy (non-hydrogen) atoms. The molecule has 0 saturated carbocycles. The van der Waals surface area contributed by atoms with Crippen molar-refractivity contribution < 1.29 is 18.3 Å². The van der Waals surface area contributed by atoms with E-state index in [1.165, 1.54) is 18.2 Å². The predicted molar refractivity (Wildman–Crippen MR) is 61.5 cm³/mol. The van der Waals surface area contributed by atoms with Gasteiger partial charge in [0.1, 0.15) is 0 Å². The minimum absolute atomic E-state index is 0.163. The fraction of sp³-hybridized carbons (Fsp3) is 0.125. The molecule has 0 aliphatic rings. The van der Waals surface area contributed by atoms with E-state index in [0.29, 0.717) is 0 Å². The van der Waals surface area contributed by atoms with Gasteiger partial charge in [-0.15, -0.1) is 0 Å². The van der Waals surface area contributed by atoms with Gasteiger partial charge < -0.3 is 5.11 Å². The molecule has 2 N–H and O–H groups in total. The van der Waals surface area contributed by atoms with Crippen molar-refractivity contribution in [3.63, 3.8) is 0 Å². The quantitative estimate of drug-likeness (QED) is 0.883. The van der Waals surface area contributed by atoms with Crippen LogP contribution in [0.3, 0.4) is 0 Å². The van der Waals surface area contributed by atoms with Crippen LogP contribution in [0.15, 0.2) is 18.2 Å². The standard InChI is InChI=1S/C8H7Cl2NO4S/c9-6-2-1-5(3-7(6)10)11-16(14,15)4-8(12)13/h1-3,11H,4H2,(H,12,13). The predicted octanol–water partition coefficient (Wildman–Crippen LogP) is 1.82. The van der Waals surface area contributed by atoms with Crippen molar-refractivity contribution in [2.75, 3.05) is 10.5 Å². The second-order valence-electron chi connectivity index (χ2n) is 2.88. The summed E-state index contributed by atoms with van der Waals surface area (Å²) in [6.45, 7) is 0. The van der Waals surface area contributed by atoms with Gasteiger partial charge in [0.05, 0.1) is 15.7 Å². The first-order chi connectivity index (χ1) is 7.30. The average Bonchev–Trinajstić information content (AvgIpc) is 2.08. The van der Waals surface area contributed by atoms with Crippen molar-refractivity contribution in [1.82, 2.24) is 0 Å². The summed E-state index contributed by atoms with van der Waals surface area (Å²) in [5.41, 5.74) is 0.163. The molecule has 0 spiro atoms. The van der Waals surface area contributed by atoms with Gasteiger partial charge in [0.15, 0.2) is 5.75 Å². The first-order valence-electron chi connectivity index (χ1n) is 3.97. The molecule has 1 aromatic carbocycles. The molecule has 1 rings (SSSR count). The van der Waals surface area contributed by atoms with E-state index in [1.807, 2.05) is 0 Å². The molecular formula is C8H7Cl2NO4S.